The number of nitrogens with one attached hydrogen (secondary N) is 2. The zero-order valence-electron chi connectivity index (χ0n) is 8.20. The average molecular weight is 192 g/mol. The van der Waals surface area contributed by atoms with Gasteiger partial charge in [0.2, 0.25) is 0 Å². The van der Waals surface area contributed by atoms with E-state index >= 15 is 0 Å². The molecule has 14 heavy (non-hydrogen) atoms. The van der Waals surface area contributed by atoms with Gasteiger partial charge in [0.15, 0.2) is 0 Å². The molecule has 0 spiro atoms. The maximum atomic E-state index is 5.78. The fraction of sp³-hybridized carbons (Fsp3) is 0.636. The van der Waals surface area contributed by atoms with E-state index in [-0.39, 0.29) is 0 Å². The maximum Gasteiger partial charge on any atom is 0.0733 e. The normalized spacial score (nSPS) is 35.3. The van der Waals surface area contributed by atoms with Crippen LogP contribution in [0.5, 0.6) is 0 Å². The maximum absolute atomic E-state index is 5.78. The third-order valence-electron chi connectivity index (χ3n) is 3.32. The predicted octanol–water partition coefficient (Wildman–Crippen LogP) is 1.42. The third kappa shape index (κ3) is 1.47. The number of aromatic nitrogens is 1. The third-order valence-corrected chi connectivity index (χ3v) is 3.32. The van der Waals surface area contributed by atoms with Crippen LogP contribution >= 0.6 is 0 Å². The molecule has 0 saturated carbocycles. The second kappa shape index (κ2) is 3.41. The second-order valence-electron chi connectivity index (χ2n) is 4.29. The standard InChI is InChI=1S/C11H16N2O/c1-2-8(12-5-1)7-13-10-6-9-3-4-11(10)14-9/h1-2,5,9-13H,3-4,6-7H2. The Bertz CT molecular complexity index is 296. The molecule has 0 amide bonds. The summed E-state index contributed by atoms with van der Waals surface area (Å²) in [4.78, 5) is 3.20. The lowest BCUT2D eigenvalue weighted by Gasteiger charge is -2.19. The summed E-state index contributed by atoms with van der Waals surface area (Å²) < 4.78 is 5.78. The van der Waals surface area contributed by atoms with E-state index in [0.29, 0.717) is 18.2 Å². The van der Waals surface area contributed by atoms with Gasteiger partial charge in [0.1, 0.15) is 0 Å². The quantitative estimate of drug-likeness (QED) is 0.760. The van der Waals surface area contributed by atoms with Gasteiger partial charge < -0.3 is 15.0 Å². The SMILES string of the molecule is c1c[nH]c(CNC2CC3CCC2O3)c1. The van der Waals surface area contributed by atoms with Crippen molar-refractivity contribution in [1.29, 1.82) is 0 Å². The van der Waals surface area contributed by atoms with E-state index in [4.69, 9.17) is 4.74 Å². The van der Waals surface area contributed by atoms with Gasteiger partial charge in [0.05, 0.1) is 12.2 Å². The van der Waals surface area contributed by atoms with Crippen molar-refractivity contribution < 1.29 is 4.74 Å². The van der Waals surface area contributed by atoms with E-state index in [1.807, 2.05) is 12.3 Å². The number of aromatic amines is 1. The summed E-state index contributed by atoms with van der Waals surface area (Å²) in [6.07, 6.45) is 6.70. The molecule has 3 unspecified atom stereocenters. The zero-order chi connectivity index (χ0) is 9.38. The fourth-order valence-electron chi connectivity index (χ4n) is 2.57. The Labute approximate surface area is 83.8 Å². The molecule has 2 bridgehead atoms. The number of fused-ring (bicyclic) bond motifs is 2. The zero-order valence-corrected chi connectivity index (χ0v) is 8.20. The predicted molar refractivity (Wildman–Crippen MR) is 53.9 cm³/mol. The first-order valence-corrected chi connectivity index (χ1v) is 5.43. The van der Waals surface area contributed by atoms with Crippen molar-refractivity contribution in [2.75, 3.05) is 0 Å². The molecule has 3 heterocycles. The van der Waals surface area contributed by atoms with Crippen molar-refractivity contribution >= 4 is 0 Å². The molecule has 2 fully saturated rings. The van der Waals surface area contributed by atoms with E-state index in [9.17, 15) is 0 Å². The Morgan fingerprint density at radius 3 is 3.14 bits per heavy atom. The molecule has 0 radical (unpaired) electrons. The highest BCUT2D eigenvalue weighted by Gasteiger charge is 2.40. The van der Waals surface area contributed by atoms with Crippen LogP contribution in [0, 0.1) is 0 Å². The lowest BCUT2D eigenvalue weighted by atomic mass is 9.95. The number of H-pyrrole nitrogens is 1. The summed E-state index contributed by atoms with van der Waals surface area (Å²) >= 11 is 0. The van der Waals surface area contributed by atoms with Gasteiger partial charge >= 0.3 is 0 Å². The largest absolute Gasteiger partial charge is 0.373 e. The van der Waals surface area contributed by atoms with E-state index in [1.165, 1.54) is 25.0 Å². The van der Waals surface area contributed by atoms with Gasteiger partial charge in [-0.2, -0.15) is 0 Å². The Morgan fingerprint density at radius 1 is 1.50 bits per heavy atom. The molecule has 76 valence electrons. The van der Waals surface area contributed by atoms with Crippen LogP contribution in [-0.4, -0.2) is 23.2 Å². The van der Waals surface area contributed by atoms with Crippen molar-refractivity contribution in [3.63, 3.8) is 0 Å². The van der Waals surface area contributed by atoms with Crippen molar-refractivity contribution in [3.8, 4) is 0 Å². The van der Waals surface area contributed by atoms with Crippen LogP contribution in [0.3, 0.4) is 0 Å². The fourth-order valence-corrected chi connectivity index (χ4v) is 2.57. The molecular formula is C11H16N2O. The van der Waals surface area contributed by atoms with Crippen LogP contribution in [-0.2, 0) is 11.3 Å². The van der Waals surface area contributed by atoms with Gasteiger partial charge in [0, 0.05) is 24.5 Å². The molecule has 2 aliphatic rings. The molecular weight excluding hydrogens is 176 g/mol. The van der Waals surface area contributed by atoms with Gasteiger partial charge in [0.25, 0.3) is 0 Å². The van der Waals surface area contributed by atoms with Crippen LogP contribution in [0.2, 0.25) is 0 Å². The minimum Gasteiger partial charge on any atom is -0.373 e. The summed E-state index contributed by atoms with van der Waals surface area (Å²) in [6, 6.07) is 4.73. The van der Waals surface area contributed by atoms with Crippen molar-refractivity contribution in [2.24, 2.45) is 0 Å². The van der Waals surface area contributed by atoms with Crippen LogP contribution in [0.15, 0.2) is 18.3 Å². The Morgan fingerprint density at radius 2 is 2.50 bits per heavy atom. The molecule has 3 atom stereocenters. The molecule has 3 nitrogen and oxygen atoms in total. The Kier molecular flexibility index (Phi) is 2.07. The van der Waals surface area contributed by atoms with Crippen LogP contribution < -0.4 is 5.32 Å². The number of rotatable bonds is 3. The first-order valence-electron chi connectivity index (χ1n) is 5.43. The molecule has 2 saturated heterocycles. The highest BCUT2D eigenvalue weighted by atomic mass is 16.5. The van der Waals surface area contributed by atoms with Crippen LogP contribution in [0.1, 0.15) is 25.0 Å². The molecule has 2 aliphatic heterocycles. The van der Waals surface area contributed by atoms with Crippen molar-refractivity contribution in [1.82, 2.24) is 10.3 Å². The summed E-state index contributed by atoms with van der Waals surface area (Å²) in [5.74, 6) is 0. The topological polar surface area (TPSA) is 37.0 Å². The Balaban J connectivity index is 1.54. The van der Waals surface area contributed by atoms with E-state index in [2.05, 4.69) is 16.4 Å². The minimum atomic E-state index is 0.481. The first kappa shape index (κ1) is 8.50. The lowest BCUT2D eigenvalue weighted by Crippen LogP contribution is -2.37. The Hall–Kier alpha value is -0.800. The van der Waals surface area contributed by atoms with Gasteiger partial charge in [-0.25, -0.2) is 0 Å². The summed E-state index contributed by atoms with van der Waals surface area (Å²) in [6.45, 7) is 0.935. The molecule has 2 N–H and O–H groups in total. The molecule has 0 aromatic carbocycles. The van der Waals surface area contributed by atoms with E-state index in [0.717, 1.165) is 6.54 Å². The van der Waals surface area contributed by atoms with Crippen molar-refractivity contribution in [2.45, 2.75) is 44.1 Å². The lowest BCUT2D eigenvalue weighted by molar-refractivity contribution is 0.0972. The van der Waals surface area contributed by atoms with Gasteiger partial charge in [-0.1, -0.05) is 0 Å². The highest BCUT2D eigenvalue weighted by Crippen LogP contribution is 2.34. The minimum absolute atomic E-state index is 0.481. The first-order chi connectivity index (χ1) is 6.92. The van der Waals surface area contributed by atoms with Gasteiger partial charge in [-0.15, -0.1) is 0 Å². The number of hydrogen-bond donors (Lipinski definition) is 2. The number of ether oxygens (including phenoxy) is 1. The molecule has 3 rings (SSSR count). The van der Waals surface area contributed by atoms with Gasteiger partial charge in [-0.05, 0) is 31.4 Å². The monoisotopic (exact) mass is 192 g/mol. The van der Waals surface area contributed by atoms with Gasteiger partial charge in [-0.3, -0.25) is 0 Å². The second-order valence-corrected chi connectivity index (χ2v) is 4.29. The van der Waals surface area contributed by atoms with Crippen LogP contribution in [0.25, 0.3) is 0 Å². The highest BCUT2D eigenvalue weighted by molar-refractivity contribution is 5.04. The molecule has 1 aromatic rings. The molecule has 1 aromatic heterocycles. The van der Waals surface area contributed by atoms with E-state index < -0.39 is 0 Å². The smallest absolute Gasteiger partial charge is 0.0733 e. The van der Waals surface area contributed by atoms with E-state index in [1.54, 1.807) is 0 Å². The number of hydrogen-bond acceptors (Lipinski definition) is 2. The average Bonchev–Trinajstić information content (AvgIpc) is 2.91. The summed E-state index contributed by atoms with van der Waals surface area (Å²) in [5, 5.41) is 3.56. The molecule has 0 aliphatic carbocycles. The van der Waals surface area contributed by atoms with Crippen LogP contribution in [0.4, 0.5) is 0 Å². The van der Waals surface area contributed by atoms with Crippen molar-refractivity contribution in [3.05, 3.63) is 24.0 Å². The summed E-state index contributed by atoms with van der Waals surface area (Å²) in [5.41, 5.74) is 1.26. The summed E-state index contributed by atoms with van der Waals surface area (Å²) in [7, 11) is 0. The molecule has 3 heteroatoms.